The molecule has 0 aromatic heterocycles. The smallest absolute Gasteiger partial charge is 0.311 e. The van der Waals surface area contributed by atoms with Gasteiger partial charge >= 0.3 is 5.97 Å². The second-order valence-corrected chi connectivity index (χ2v) is 10.0. The normalized spacial score (nSPS) is 38.3. The topological polar surface area (TPSA) is 53.0 Å². The number of nitrogens with zero attached hydrogens (tertiary/aromatic N) is 2. The van der Waals surface area contributed by atoms with Crippen molar-refractivity contribution in [1.29, 1.82) is 0 Å². The first-order chi connectivity index (χ1) is 14.9. The molecule has 3 fully saturated rings. The van der Waals surface area contributed by atoms with Crippen LogP contribution >= 0.6 is 0 Å². The van der Waals surface area contributed by atoms with Crippen molar-refractivity contribution in [1.82, 2.24) is 4.90 Å². The molecule has 0 bridgehead atoms. The SMILES string of the molecule is C[C@@H]1CCC=C2C[C@H]3OC(=O)[C@@H](CN4CCN(c5ccccc5F)CC4)[C@H]3[C@H](O)[C@@]21C. The van der Waals surface area contributed by atoms with Gasteiger partial charge in [-0.2, -0.15) is 0 Å². The van der Waals surface area contributed by atoms with Crippen LogP contribution in [0.1, 0.15) is 33.1 Å². The van der Waals surface area contributed by atoms with Crippen LogP contribution in [-0.2, 0) is 9.53 Å². The Morgan fingerprint density at radius 2 is 1.97 bits per heavy atom. The molecule has 1 saturated carbocycles. The molecule has 1 aromatic carbocycles. The van der Waals surface area contributed by atoms with Gasteiger partial charge < -0.3 is 14.7 Å². The molecular formula is C25H33FN2O3. The molecule has 168 valence electrons. The number of hydrogen-bond donors (Lipinski definition) is 1. The van der Waals surface area contributed by atoms with Gasteiger partial charge in [-0.1, -0.05) is 37.6 Å². The number of fused-ring (bicyclic) bond motifs is 2. The van der Waals surface area contributed by atoms with E-state index in [1.165, 1.54) is 11.6 Å². The lowest BCUT2D eigenvalue weighted by Gasteiger charge is -2.52. The number of ether oxygens (including phenoxy) is 1. The van der Waals surface area contributed by atoms with Gasteiger partial charge in [0.1, 0.15) is 11.9 Å². The minimum Gasteiger partial charge on any atom is -0.461 e. The van der Waals surface area contributed by atoms with E-state index < -0.39 is 6.10 Å². The Bertz CT molecular complexity index is 881. The standard InChI is InChI=1S/C25H33FN2O3/c1-16-6-5-7-17-14-21-22(23(29)25(16,17)2)18(24(30)31-21)15-27-10-12-28(13-11-27)20-9-4-3-8-19(20)26/h3-4,7-9,16,18,21-23,29H,5-6,10-15H2,1-2H3/t16-,18+,21-,22-,23+,25-/m1/s1. The molecule has 1 N–H and O–H groups in total. The fourth-order valence-corrected chi connectivity index (χ4v) is 6.43. The molecule has 6 heteroatoms. The largest absolute Gasteiger partial charge is 0.461 e. The first kappa shape index (κ1) is 21.0. The second kappa shape index (κ2) is 7.89. The van der Waals surface area contributed by atoms with Crippen LogP contribution in [0.3, 0.4) is 0 Å². The number of esters is 1. The van der Waals surface area contributed by atoms with Crippen LogP contribution in [0.15, 0.2) is 35.9 Å². The number of allylic oxidation sites excluding steroid dienone is 1. The van der Waals surface area contributed by atoms with Gasteiger partial charge in [0.05, 0.1) is 17.7 Å². The van der Waals surface area contributed by atoms with Crippen molar-refractivity contribution in [2.75, 3.05) is 37.6 Å². The van der Waals surface area contributed by atoms with Gasteiger partial charge in [-0.15, -0.1) is 0 Å². The molecule has 2 heterocycles. The van der Waals surface area contributed by atoms with Gasteiger partial charge in [0.2, 0.25) is 0 Å². The summed E-state index contributed by atoms with van der Waals surface area (Å²) in [7, 11) is 0. The molecule has 5 rings (SSSR count). The molecule has 0 unspecified atom stereocenters. The number of aliphatic hydroxyl groups is 1. The van der Waals surface area contributed by atoms with Crippen LogP contribution in [-0.4, -0.2) is 60.9 Å². The molecule has 1 aromatic rings. The summed E-state index contributed by atoms with van der Waals surface area (Å²) in [6.07, 6.45) is 4.36. The summed E-state index contributed by atoms with van der Waals surface area (Å²) in [5.41, 5.74) is 1.64. The minimum absolute atomic E-state index is 0.153. The third-order valence-corrected chi connectivity index (χ3v) is 8.59. The number of anilines is 1. The van der Waals surface area contributed by atoms with Crippen LogP contribution in [0.4, 0.5) is 10.1 Å². The molecule has 0 spiro atoms. The molecule has 5 nitrogen and oxygen atoms in total. The maximum atomic E-state index is 14.1. The van der Waals surface area contributed by atoms with Gasteiger partial charge in [0.25, 0.3) is 0 Å². The lowest BCUT2D eigenvalue weighted by molar-refractivity contribution is -0.145. The number of halogens is 1. The Labute approximate surface area is 183 Å². The Morgan fingerprint density at radius 1 is 1.23 bits per heavy atom. The predicted octanol–water partition coefficient (Wildman–Crippen LogP) is 3.23. The molecule has 6 atom stereocenters. The highest BCUT2D eigenvalue weighted by Crippen LogP contribution is 2.56. The number of carbonyl (C=O) groups is 1. The van der Waals surface area contributed by atoms with Gasteiger partial charge in [-0.3, -0.25) is 9.69 Å². The van der Waals surface area contributed by atoms with Crippen molar-refractivity contribution < 1.29 is 19.0 Å². The number of piperazine rings is 1. The van der Waals surface area contributed by atoms with E-state index in [9.17, 15) is 14.3 Å². The number of benzene rings is 1. The van der Waals surface area contributed by atoms with Gasteiger partial charge in [-0.25, -0.2) is 4.39 Å². The summed E-state index contributed by atoms with van der Waals surface area (Å²) in [5, 5.41) is 11.5. The van der Waals surface area contributed by atoms with E-state index in [1.807, 2.05) is 12.1 Å². The van der Waals surface area contributed by atoms with Crippen LogP contribution < -0.4 is 4.90 Å². The van der Waals surface area contributed by atoms with Gasteiger partial charge in [-0.05, 0) is 30.9 Å². The third kappa shape index (κ3) is 3.39. The maximum Gasteiger partial charge on any atom is 0.311 e. The lowest BCUT2D eigenvalue weighted by atomic mass is 9.55. The Balaban J connectivity index is 1.28. The summed E-state index contributed by atoms with van der Waals surface area (Å²) in [6, 6.07) is 6.89. The van der Waals surface area contributed by atoms with E-state index in [0.717, 1.165) is 45.4 Å². The average Bonchev–Trinajstić information content (AvgIpc) is 3.06. The van der Waals surface area contributed by atoms with E-state index >= 15 is 0 Å². The van der Waals surface area contributed by atoms with E-state index in [1.54, 1.807) is 6.07 Å². The monoisotopic (exact) mass is 428 g/mol. The Morgan fingerprint density at radius 3 is 2.71 bits per heavy atom. The van der Waals surface area contributed by atoms with Gasteiger partial charge in [0, 0.05) is 50.5 Å². The zero-order valence-corrected chi connectivity index (χ0v) is 18.5. The number of aliphatic hydroxyl groups excluding tert-OH is 1. The molecule has 0 radical (unpaired) electrons. The summed E-state index contributed by atoms with van der Waals surface area (Å²) >= 11 is 0. The zero-order valence-electron chi connectivity index (χ0n) is 18.5. The van der Waals surface area contributed by atoms with Crippen LogP contribution in [0.5, 0.6) is 0 Å². The summed E-state index contributed by atoms with van der Waals surface area (Å²) in [6.45, 7) is 7.99. The minimum atomic E-state index is -0.566. The fourth-order valence-electron chi connectivity index (χ4n) is 6.43. The van der Waals surface area contributed by atoms with Crippen molar-refractivity contribution in [3.63, 3.8) is 0 Å². The van der Waals surface area contributed by atoms with E-state index in [-0.39, 0.29) is 35.1 Å². The molecule has 0 amide bonds. The molecule has 2 aliphatic heterocycles. The number of rotatable bonds is 3. The Hall–Kier alpha value is -1.92. The highest BCUT2D eigenvalue weighted by Gasteiger charge is 2.59. The van der Waals surface area contributed by atoms with Crippen LogP contribution in [0, 0.1) is 29.0 Å². The third-order valence-electron chi connectivity index (χ3n) is 8.59. The number of hydrogen-bond acceptors (Lipinski definition) is 5. The second-order valence-electron chi connectivity index (χ2n) is 10.0. The maximum absolute atomic E-state index is 14.1. The van der Waals surface area contributed by atoms with E-state index in [4.69, 9.17) is 4.74 Å². The average molecular weight is 429 g/mol. The quantitative estimate of drug-likeness (QED) is 0.592. The van der Waals surface area contributed by atoms with Crippen molar-refractivity contribution >= 4 is 11.7 Å². The Kier molecular flexibility index (Phi) is 5.33. The molecule has 4 aliphatic rings. The van der Waals surface area contributed by atoms with Gasteiger partial charge in [0.15, 0.2) is 0 Å². The highest BCUT2D eigenvalue weighted by molar-refractivity contribution is 5.76. The summed E-state index contributed by atoms with van der Waals surface area (Å²) < 4.78 is 19.9. The molecule has 2 aliphatic carbocycles. The van der Waals surface area contributed by atoms with E-state index in [2.05, 4.69) is 29.7 Å². The first-order valence-electron chi connectivity index (χ1n) is 11.7. The van der Waals surface area contributed by atoms with Crippen molar-refractivity contribution in [3.8, 4) is 0 Å². The summed E-state index contributed by atoms with van der Waals surface area (Å²) in [5.74, 6) is -0.417. The summed E-state index contributed by atoms with van der Waals surface area (Å²) in [4.78, 5) is 17.2. The van der Waals surface area contributed by atoms with Crippen molar-refractivity contribution in [3.05, 3.63) is 41.7 Å². The number of para-hydroxylation sites is 1. The zero-order chi connectivity index (χ0) is 21.8. The first-order valence-corrected chi connectivity index (χ1v) is 11.7. The molecule has 31 heavy (non-hydrogen) atoms. The van der Waals surface area contributed by atoms with E-state index in [0.29, 0.717) is 18.2 Å². The molecule has 2 saturated heterocycles. The van der Waals surface area contributed by atoms with Crippen LogP contribution in [0.25, 0.3) is 0 Å². The molecular weight excluding hydrogens is 395 g/mol. The predicted molar refractivity (Wildman–Crippen MR) is 117 cm³/mol. The lowest BCUT2D eigenvalue weighted by Crippen LogP contribution is -2.55. The van der Waals surface area contributed by atoms with Crippen LogP contribution in [0.2, 0.25) is 0 Å². The highest BCUT2D eigenvalue weighted by atomic mass is 19.1. The van der Waals surface area contributed by atoms with Crippen molar-refractivity contribution in [2.24, 2.45) is 23.2 Å². The number of carbonyl (C=O) groups excluding carboxylic acids is 1. The fraction of sp³-hybridized carbons (Fsp3) is 0.640. The van der Waals surface area contributed by atoms with Crippen molar-refractivity contribution in [2.45, 2.75) is 45.3 Å².